The van der Waals surface area contributed by atoms with E-state index in [-0.39, 0.29) is 11.3 Å². The Kier molecular flexibility index (Phi) is 5.28. The van der Waals surface area contributed by atoms with Crippen molar-refractivity contribution in [2.75, 3.05) is 5.32 Å². The number of rotatable bonds is 5. The van der Waals surface area contributed by atoms with Crippen LogP contribution in [0.5, 0.6) is 0 Å². The summed E-state index contributed by atoms with van der Waals surface area (Å²) in [6.07, 6.45) is -0.821. The second-order valence-electron chi connectivity index (χ2n) is 5.05. The molecule has 0 radical (unpaired) electrons. The van der Waals surface area contributed by atoms with E-state index in [0.717, 1.165) is 12.1 Å². The molecule has 1 aromatic carbocycles. The zero-order valence-corrected chi connectivity index (χ0v) is 13.4. The smallest absolute Gasteiger partial charge is 0.344 e. The van der Waals surface area contributed by atoms with Crippen molar-refractivity contribution in [1.82, 2.24) is 5.16 Å². The van der Waals surface area contributed by atoms with Crippen molar-refractivity contribution in [2.24, 2.45) is 0 Å². The van der Waals surface area contributed by atoms with Crippen LogP contribution in [0.4, 0.5) is 14.5 Å². The molecule has 128 valence electrons. The van der Waals surface area contributed by atoms with Crippen LogP contribution in [-0.2, 0) is 16.0 Å². The van der Waals surface area contributed by atoms with E-state index in [2.05, 4.69) is 10.5 Å². The van der Waals surface area contributed by atoms with Crippen molar-refractivity contribution in [3.05, 3.63) is 46.9 Å². The minimum Gasteiger partial charge on any atom is -0.449 e. The predicted molar refractivity (Wildman–Crippen MR) is 80.5 cm³/mol. The fourth-order valence-corrected chi connectivity index (χ4v) is 2.04. The molecule has 1 N–H and O–H groups in total. The molecule has 0 saturated carbocycles. The Morgan fingerprint density at radius 2 is 1.96 bits per heavy atom. The summed E-state index contributed by atoms with van der Waals surface area (Å²) in [7, 11) is 0. The van der Waals surface area contributed by atoms with Gasteiger partial charge in [-0.2, -0.15) is 0 Å². The third kappa shape index (κ3) is 3.58. The molecule has 8 heteroatoms. The highest BCUT2D eigenvalue weighted by molar-refractivity contribution is 5.98. The third-order valence-electron chi connectivity index (χ3n) is 3.34. The number of carbonyl (C=O) groups is 2. The summed E-state index contributed by atoms with van der Waals surface area (Å²) in [4.78, 5) is 24.2. The van der Waals surface area contributed by atoms with Gasteiger partial charge in [-0.25, -0.2) is 13.6 Å². The van der Waals surface area contributed by atoms with Gasteiger partial charge in [0, 0.05) is 0 Å². The first kappa shape index (κ1) is 17.6. The van der Waals surface area contributed by atoms with Gasteiger partial charge in [0.2, 0.25) is 0 Å². The van der Waals surface area contributed by atoms with E-state index in [9.17, 15) is 18.4 Å². The molecule has 0 aliphatic carbocycles. The van der Waals surface area contributed by atoms with Gasteiger partial charge in [-0.05, 0) is 32.4 Å². The molecule has 0 fully saturated rings. The van der Waals surface area contributed by atoms with Gasteiger partial charge in [0.05, 0.1) is 5.69 Å². The lowest BCUT2D eigenvalue weighted by Gasteiger charge is -2.14. The Morgan fingerprint density at radius 3 is 2.54 bits per heavy atom. The van der Waals surface area contributed by atoms with Gasteiger partial charge in [0.15, 0.2) is 6.10 Å². The molecule has 2 aromatic rings. The number of para-hydroxylation sites is 1. The first-order valence-electron chi connectivity index (χ1n) is 7.26. The van der Waals surface area contributed by atoms with Crippen molar-refractivity contribution in [3.8, 4) is 0 Å². The highest BCUT2D eigenvalue weighted by atomic mass is 19.1. The number of carbonyl (C=O) groups excluding carboxylic acids is 2. The maximum Gasteiger partial charge on any atom is 0.344 e. The zero-order chi connectivity index (χ0) is 17.9. The van der Waals surface area contributed by atoms with Crippen molar-refractivity contribution >= 4 is 17.6 Å². The van der Waals surface area contributed by atoms with Crippen LogP contribution in [0.2, 0.25) is 0 Å². The molecule has 0 spiro atoms. The molecule has 1 aromatic heterocycles. The molecular weight excluding hydrogens is 322 g/mol. The van der Waals surface area contributed by atoms with E-state index in [1.807, 2.05) is 0 Å². The van der Waals surface area contributed by atoms with E-state index < -0.39 is 35.3 Å². The Morgan fingerprint density at radius 1 is 1.33 bits per heavy atom. The standard InChI is InChI=1S/C16H16F2N2O4/c1-4-12-13(8(2)24-20-12)16(22)23-9(3)15(21)19-14-10(17)6-5-7-11(14)18/h5-7,9H,4H2,1-3H3,(H,19,21). The maximum atomic E-state index is 13.5. The molecule has 1 unspecified atom stereocenters. The zero-order valence-electron chi connectivity index (χ0n) is 13.4. The number of esters is 1. The van der Waals surface area contributed by atoms with Crippen LogP contribution < -0.4 is 5.32 Å². The monoisotopic (exact) mass is 338 g/mol. The van der Waals surface area contributed by atoms with Gasteiger partial charge in [-0.3, -0.25) is 4.79 Å². The van der Waals surface area contributed by atoms with Crippen molar-refractivity contribution in [2.45, 2.75) is 33.3 Å². The van der Waals surface area contributed by atoms with Crippen LogP contribution >= 0.6 is 0 Å². The van der Waals surface area contributed by atoms with Crippen LogP contribution in [0.15, 0.2) is 22.7 Å². The number of nitrogens with zero attached hydrogens (tertiary/aromatic N) is 1. The van der Waals surface area contributed by atoms with Crippen LogP contribution in [0.25, 0.3) is 0 Å². The summed E-state index contributed by atoms with van der Waals surface area (Å²) in [5.74, 6) is -3.23. The fraction of sp³-hybridized carbons (Fsp3) is 0.312. The van der Waals surface area contributed by atoms with Gasteiger partial charge in [-0.15, -0.1) is 0 Å². The van der Waals surface area contributed by atoms with Crippen LogP contribution in [0.3, 0.4) is 0 Å². The Bertz CT molecular complexity index is 753. The van der Waals surface area contributed by atoms with Gasteiger partial charge < -0.3 is 14.6 Å². The second-order valence-corrected chi connectivity index (χ2v) is 5.05. The molecule has 24 heavy (non-hydrogen) atoms. The van der Waals surface area contributed by atoms with Gasteiger partial charge >= 0.3 is 5.97 Å². The average Bonchev–Trinajstić information content (AvgIpc) is 2.91. The van der Waals surface area contributed by atoms with E-state index >= 15 is 0 Å². The number of hydrogen-bond donors (Lipinski definition) is 1. The Labute approximate surface area is 136 Å². The number of aromatic nitrogens is 1. The first-order valence-corrected chi connectivity index (χ1v) is 7.26. The van der Waals surface area contributed by atoms with Gasteiger partial charge in [0.25, 0.3) is 5.91 Å². The van der Waals surface area contributed by atoms with E-state index in [4.69, 9.17) is 9.26 Å². The number of halogens is 2. The molecular formula is C16H16F2N2O4. The number of benzene rings is 1. The van der Waals surface area contributed by atoms with Crippen LogP contribution in [0.1, 0.15) is 35.7 Å². The van der Waals surface area contributed by atoms with Crippen molar-refractivity contribution in [1.29, 1.82) is 0 Å². The van der Waals surface area contributed by atoms with Crippen LogP contribution in [-0.4, -0.2) is 23.1 Å². The largest absolute Gasteiger partial charge is 0.449 e. The lowest BCUT2D eigenvalue weighted by Crippen LogP contribution is -2.31. The summed E-state index contributed by atoms with van der Waals surface area (Å²) < 4.78 is 37.0. The second kappa shape index (κ2) is 7.20. The highest BCUT2D eigenvalue weighted by Gasteiger charge is 2.26. The summed E-state index contributed by atoms with van der Waals surface area (Å²) >= 11 is 0. The lowest BCUT2D eigenvalue weighted by atomic mass is 10.1. The number of hydrogen-bond acceptors (Lipinski definition) is 5. The van der Waals surface area contributed by atoms with E-state index in [1.54, 1.807) is 13.8 Å². The van der Waals surface area contributed by atoms with Gasteiger partial charge in [0.1, 0.15) is 28.6 Å². The van der Waals surface area contributed by atoms with E-state index in [1.165, 1.54) is 13.0 Å². The SMILES string of the molecule is CCc1noc(C)c1C(=O)OC(C)C(=O)Nc1c(F)cccc1F. The number of ether oxygens (including phenoxy) is 1. The third-order valence-corrected chi connectivity index (χ3v) is 3.34. The molecule has 1 heterocycles. The average molecular weight is 338 g/mol. The summed E-state index contributed by atoms with van der Waals surface area (Å²) in [5, 5.41) is 5.79. The maximum absolute atomic E-state index is 13.5. The summed E-state index contributed by atoms with van der Waals surface area (Å²) in [5.41, 5.74) is -0.0414. The molecule has 1 amide bonds. The molecule has 1 atom stereocenters. The molecule has 6 nitrogen and oxygen atoms in total. The highest BCUT2D eigenvalue weighted by Crippen LogP contribution is 2.19. The topological polar surface area (TPSA) is 81.4 Å². The molecule has 0 aliphatic rings. The summed E-state index contributed by atoms with van der Waals surface area (Å²) in [6.45, 7) is 4.62. The molecule has 2 rings (SSSR count). The summed E-state index contributed by atoms with van der Waals surface area (Å²) in [6, 6.07) is 3.18. The predicted octanol–water partition coefficient (Wildman–Crippen LogP) is 3.01. The normalized spacial score (nSPS) is 11.9. The fourth-order valence-electron chi connectivity index (χ4n) is 2.04. The van der Waals surface area contributed by atoms with Gasteiger partial charge in [-0.1, -0.05) is 18.1 Å². The van der Waals surface area contributed by atoms with Crippen molar-refractivity contribution < 1.29 is 27.6 Å². The minimum atomic E-state index is -1.27. The molecule has 0 aliphatic heterocycles. The minimum absolute atomic E-state index is 0.147. The number of aryl methyl sites for hydroxylation is 2. The molecule has 0 saturated heterocycles. The Balaban J connectivity index is 2.09. The first-order chi connectivity index (χ1) is 11.3. The lowest BCUT2D eigenvalue weighted by molar-refractivity contribution is -0.123. The number of amides is 1. The number of anilines is 1. The van der Waals surface area contributed by atoms with Crippen molar-refractivity contribution in [3.63, 3.8) is 0 Å². The molecule has 0 bridgehead atoms. The Hall–Kier alpha value is -2.77. The van der Waals surface area contributed by atoms with Crippen LogP contribution in [0, 0.1) is 18.6 Å². The number of nitrogens with one attached hydrogen (secondary N) is 1. The quantitative estimate of drug-likeness (QED) is 0.848. The van der Waals surface area contributed by atoms with E-state index in [0.29, 0.717) is 12.1 Å².